The summed E-state index contributed by atoms with van der Waals surface area (Å²) in [5.74, 6) is 0.834. The van der Waals surface area contributed by atoms with Crippen LogP contribution < -0.4 is 4.74 Å². The third-order valence-corrected chi connectivity index (χ3v) is 7.93. The number of hydrogen-bond acceptors (Lipinski definition) is 4. The van der Waals surface area contributed by atoms with Crippen molar-refractivity contribution >= 4 is 17.7 Å². The van der Waals surface area contributed by atoms with E-state index in [0.717, 1.165) is 29.9 Å². The number of aliphatic hydroxyl groups is 1. The maximum absolute atomic E-state index is 10.7. The molecular formula is C29H42O4S. The number of benzene rings is 2. The van der Waals surface area contributed by atoms with E-state index < -0.39 is 12.1 Å². The quantitative estimate of drug-likeness (QED) is 0.337. The smallest absolute Gasteiger partial charge is 0.303 e. The summed E-state index contributed by atoms with van der Waals surface area (Å²) < 4.78 is 6.06. The third-order valence-electron chi connectivity index (χ3n) is 6.61. The average molecular weight is 487 g/mol. The molecule has 4 nitrogen and oxygen atoms in total. The summed E-state index contributed by atoms with van der Waals surface area (Å²) in [7, 11) is 0. The number of aliphatic carboxylic acids is 1. The van der Waals surface area contributed by atoms with Crippen LogP contribution in [0.15, 0.2) is 36.4 Å². The van der Waals surface area contributed by atoms with Crippen LogP contribution in [0.4, 0.5) is 0 Å². The van der Waals surface area contributed by atoms with Gasteiger partial charge in [-0.25, -0.2) is 0 Å². The van der Waals surface area contributed by atoms with Gasteiger partial charge in [-0.15, -0.1) is 0 Å². The second-order valence-corrected chi connectivity index (χ2v) is 12.0. The van der Waals surface area contributed by atoms with E-state index >= 15 is 0 Å². The van der Waals surface area contributed by atoms with Gasteiger partial charge in [-0.3, -0.25) is 4.79 Å². The van der Waals surface area contributed by atoms with Crippen molar-refractivity contribution in [2.24, 2.45) is 0 Å². The van der Waals surface area contributed by atoms with Crippen LogP contribution in [-0.4, -0.2) is 33.6 Å². The van der Waals surface area contributed by atoms with Gasteiger partial charge in [-0.2, -0.15) is 11.8 Å². The normalized spacial score (nSPS) is 13.1. The van der Waals surface area contributed by atoms with Gasteiger partial charge in [0.1, 0.15) is 12.4 Å². The fourth-order valence-corrected chi connectivity index (χ4v) is 5.26. The number of carboxylic acid groups (broad SMARTS) is 1. The largest absolute Gasteiger partial charge is 0.491 e. The molecule has 0 radical (unpaired) electrons. The molecule has 0 bridgehead atoms. The van der Waals surface area contributed by atoms with Crippen LogP contribution in [0.2, 0.25) is 0 Å². The number of rotatable bonds is 12. The van der Waals surface area contributed by atoms with Crippen molar-refractivity contribution in [3.8, 4) is 5.75 Å². The molecule has 5 heteroatoms. The molecule has 0 fully saturated rings. The Kier molecular flexibility index (Phi) is 10.1. The second kappa shape index (κ2) is 12.1. The standard InChI is InChI=1S/C29H42O4S/c1-8-29(9-2,23-11-10-22(20(3)16-23)19-34-28(5,6)7)24-12-14-26(21(4)17-24)33-18-25(30)13-15-27(31)32/h10-12,14,16-17,25,30H,8-9,13,15,18-19H2,1-7H3,(H,31,32)/t25-/m0/s1. The molecule has 0 aromatic heterocycles. The van der Waals surface area contributed by atoms with Gasteiger partial charge in [-0.1, -0.05) is 65.0 Å². The average Bonchev–Trinajstić information content (AvgIpc) is 2.77. The summed E-state index contributed by atoms with van der Waals surface area (Å²) >= 11 is 1.98. The van der Waals surface area contributed by atoms with Gasteiger partial charge in [0.05, 0.1) is 6.10 Å². The molecule has 1 atom stereocenters. The van der Waals surface area contributed by atoms with Crippen LogP contribution in [0.1, 0.15) is 88.1 Å². The molecular weight excluding hydrogens is 444 g/mol. The van der Waals surface area contributed by atoms with Crippen LogP contribution in [0, 0.1) is 13.8 Å². The van der Waals surface area contributed by atoms with Crippen molar-refractivity contribution in [2.75, 3.05) is 6.61 Å². The Morgan fingerprint density at radius 1 is 1.00 bits per heavy atom. The molecule has 0 aliphatic heterocycles. The second-order valence-electron chi connectivity index (χ2n) is 10.2. The SMILES string of the molecule is CCC(CC)(c1ccc(CSC(C)(C)C)c(C)c1)c1ccc(OC[C@@H](O)CCC(=O)O)c(C)c1. The minimum absolute atomic E-state index is 0.0644. The number of aliphatic hydroxyl groups excluding tert-OH is 1. The first-order chi connectivity index (χ1) is 15.9. The molecule has 0 amide bonds. The molecule has 0 heterocycles. The van der Waals surface area contributed by atoms with Crippen molar-refractivity contribution in [1.82, 2.24) is 0 Å². The van der Waals surface area contributed by atoms with E-state index in [9.17, 15) is 9.90 Å². The fourth-order valence-electron chi connectivity index (χ4n) is 4.35. The molecule has 0 saturated carbocycles. The fraction of sp³-hybridized carbons (Fsp3) is 0.552. The Bertz CT molecular complexity index is 957. The summed E-state index contributed by atoms with van der Waals surface area (Å²) in [5.41, 5.74) is 6.29. The molecule has 2 N–H and O–H groups in total. The van der Waals surface area contributed by atoms with Crippen LogP contribution >= 0.6 is 11.8 Å². The molecule has 34 heavy (non-hydrogen) atoms. The topological polar surface area (TPSA) is 66.8 Å². The first-order valence-corrected chi connectivity index (χ1v) is 13.3. The lowest BCUT2D eigenvalue weighted by Gasteiger charge is -2.34. The summed E-state index contributed by atoms with van der Waals surface area (Å²) in [4.78, 5) is 10.7. The zero-order valence-corrected chi connectivity index (χ0v) is 22.7. The lowest BCUT2D eigenvalue weighted by Crippen LogP contribution is -2.26. The summed E-state index contributed by atoms with van der Waals surface area (Å²) in [6, 6.07) is 13.3. The minimum atomic E-state index is -0.911. The summed E-state index contributed by atoms with van der Waals surface area (Å²) in [6.45, 7) is 15.6. The third kappa shape index (κ3) is 7.51. The molecule has 2 aromatic rings. The van der Waals surface area contributed by atoms with E-state index in [1.807, 2.05) is 24.8 Å². The molecule has 188 valence electrons. The predicted molar refractivity (Wildman–Crippen MR) is 143 cm³/mol. The molecule has 0 spiro atoms. The molecule has 0 unspecified atom stereocenters. The zero-order valence-electron chi connectivity index (χ0n) is 21.9. The minimum Gasteiger partial charge on any atom is -0.491 e. The monoisotopic (exact) mass is 486 g/mol. The van der Waals surface area contributed by atoms with E-state index in [-0.39, 0.29) is 29.6 Å². The van der Waals surface area contributed by atoms with Gasteiger partial charge in [0, 0.05) is 22.3 Å². The molecule has 0 aliphatic rings. The van der Waals surface area contributed by atoms with Gasteiger partial charge in [0.2, 0.25) is 0 Å². The molecule has 2 rings (SSSR count). The number of ether oxygens (including phenoxy) is 1. The highest BCUT2D eigenvalue weighted by molar-refractivity contribution is 7.99. The lowest BCUT2D eigenvalue weighted by molar-refractivity contribution is -0.137. The highest BCUT2D eigenvalue weighted by Gasteiger charge is 2.31. The zero-order chi connectivity index (χ0) is 25.5. The molecule has 0 saturated heterocycles. The first kappa shape index (κ1) is 28.3. The van der Waals surface area contributed by atoms with Crippen molar-refractivity contribution in [3.05, 3.63) is 64.2 Å². The highest BCUT2D eigenvalue weighted by Crippen LogP contribution is 2.41. The van der Waals surface area contributed by atoms with Gasteiger partial charge in [0.25, 0.3) is 0 Å². The van der Waals surface area contributed by atoms with Gasteiger partial charge in [-0.05, 0) is 67.0 Å². The van der Waals surface area contributed by atoms with Crippen LogP contribution in [0.3, 0.4) is 0 Å². The number of hydrogen-bond donors (Lipinski definition) is 2. The van der Waals surface area contributed by atoms with E-state index in [0.29, 0.717) is 0 Å². The van der Waals surface area contributed by atoms with E-state index in [1.54, 1.807) is 0 Å². The summed E-state index contributed by atoms with van der Waals surface area (Å²) in [5, 5.41) is 18.8. The highest BCUT2D eigenvalue weighted by atomic mass is 32.2. The number of carboxylic acids is 1. The van der Waals surface area contributed by atoms with Crippen molar-refractivity contribution in [1.29, 1.82) is 0 Å². The molecule has 2 aromatic carbocycles. The van der Waals surface area contributed by atoms with Crippen LogP contribution in [-0.2, 0) is 16.0 Å². The van der Waals surface area contributed by atoms with E-state index in [1.165, 1.54) is 22.3 Å². The summed E-state index contributed by atoms with van der Waals surface area (Å²) in [6.07, 6.45) is 1.31. The van der Waals surface area contributed by atoms with Crippen LogP contribution in [0.25, 0.3) is 0 Å². The van der Waals surface area contributed by atoms with E-state index in [2.05, 4.69) is 71.9 Å². The van der Waals surface area contributed by atoms with Gasteiger partial charge < -0.3 is 14.9 Å². The first-order valence-electron chi connectivity index (χ1n) is 12.3. The Morgan fingerprint density at radius 2 is 1.59 bits per heavy atom. The van der Waals surface area contributed by atoms with Crippen LogP contribution in [0.5, 0.6) is 5.75 Å². The maximum atomic E-state index is 10.7. The van der Waals surface area contributed by atoms with E-state index in [4.69, 9.17) is 9.84 Å². The Labute approximate surface area is 210 Å². The van der Waals surface area contributed by atoms with Gasteiger partial charge in [0.15, 0.2) is 0 Å². The maximum Gasteiger partial charge on any atom is 0.303 e. The number of thioether (sulfide) groups is 1. The Hall–Kier alpha value is -1.98. The van der Waals surface area contributed by atoms with Crippen molar-refractivity contribution in [2.45, 2.75) is 96.2 Å². The van der Waals surface area contributed by atoms with Crippen molar-refractivity contribution in [3.63, 3.8) is 0 Å². The number of aryl methyl sites for hydroxylation is 2. The lowest BCUT2D eigenvalue weighted by atomic mass is 9.70. The number of carbonyl (C=O) groups is 1. The Balaban J connectivity index is 2.25. The van der Waals surface area contributed by atoms with Gasteiger partial charge >= 0.3 is 5.97 Å². The Morgan fingerprint density at radius 3 is 2.09 bits per heavy atom. The molecule has 0 aliphatic carbocycles. The predicted octanol–water partition coefficient (Wildman–Crippen LogP) is 7.05. The van der Waals surface area contributed by atoms with Crippen molar-refractivity contribution < 1.29 is 19.7 Å².